The van der Waals surface area contributed by atoms with E-state index in [0.717, 1.165) is 6.42 Å². The van der Waals surface area contributed by atoms with Gasteiger partial charge in [0.1, 0.15) is 0 Å². The van der Waals surface area contributed by atoms with Crippen molar-refractivity contribution >= 4 is 10.9 Å². The Hall–Kier alpha value is -1.24. The Labute approximate surface area is 117 Å². The largest absolute Gasteiger partial charge is 0.338 e. The lowest BCUT2D eigenvalue weighted by atomic mass is 9.87. The highest BCUT2D eigenvalue weighted by Gasteiger charge is 2.30. The Bertz CT molecular complexity index is 594. The number of nitrogens with zero attached hydrogens (tertiary/aromatic N) is 1. The van der Waals surface area contributed by atoms with Crippen LogP contribution >= 0.6 is 0 Å². The van der Waals surface area contributed by atoms with Gasteiger partial charge in [0.05, 0.1) is 0 Å². The molecule has 104 valence electrons. The van der Waals surface area contributed by atoms with E-state index in [0.29, 0.717) is 0 Å². The monoisotopic (exact) mass is 257 g/mol. The first-order valence-corrected chi connectivity index (χ1v) is 7.31. The lowest BCUT2D eigenvalue weighted by Gasteiger charge is -2.34. The molecule has 0 saturated heterocycles. The Balaban J connectivity index is 2.94. The molecule has 0 radical (unpaired) electrons. The summed E-state index contributed by atoms with van der Waals surface area (Å²) >= 11 is 0. The van der Waals surface area contributed by atoms with E-state index in [1.807, 2.05) is 0 Å². The summed E-state index contributed by atoms with van der Waals surface area (Å²) in [6.45, 7) is 16.2. The summed E-state index contributed by atoms with van der Waals surface area (Å²) < 4.78 is 2.57. The minimum Gasteiger partial charge on any atom is -0.338 e. The van der Waals surface area contributed by atoms with Crippen LogP contribution in [0.1, 0.15) is 59.2 Å². The Kier molecular flexibility index (Phi) is 3.28. The molecule has 0 aliphatic rings. The van der Waals surface area contributed by atoms with Crippen molar-refractivity contribution in [2.24, 2.45) is 0 Å². The number of aromatic nitrogens is 1. The Morgan fingerprint density at radius 3 is 2.11 bits per heavy atom. The minimum atomic E-state index is 0.149. The van der Waals surface area contributed by atoms with E-state index in [1.165, 1.54) is 22.2 Å². The van der Waals surface area contributed by atoms with Crippen molar-refractivity contribution in [2.75, 3.05) is 0 Å². The van der Waals surface area contributed by atoms with Crippen molar-refractivity contribution in [1.82, 2.24) is 4.57 Å². The second kappa shape index (κ2) is 4.40. The molecule has 19 heavy (non-hydrogen) atoms. The molecule has 1 heterocycles. The standard InChI is InChI=1S/C18H27N/c1-8-18(6,7)19-15-12-10-9-11-14(15)13(2)16(19)17(3,4)5/h9-12H,8H2,1-7H3. The zero-order chi connectivity index (χ0) is 14.4. The molecule has 0 amide bonds. The van der Waals surface area contributed by atoms with Gasteiger partial charge < -0.3 is 4.57 Å². The third-order valence-corrected chi connectivity index (χ3v) is 4.31. The van der Waals surface area contributed by atoms with E-state index in [-0.39, 0.29) is 11.0 Å². The van der Waals surface area contributed by atoms with Gasteiger partial charge in [-0.3, -0.25) is 0 Å². The van der Waals surface area contributed by atoms with Crippen LogP contribution in [-0.4, -0.2) is 4.57 Å². The summed E-state index contributed by atoms with van der Waals surface area (Å²) in [5.74, 6) is 0. The van der Waals surface area contributed by atoms with Gasteiger partial charge in [-0.1, -0.05) is 45.9 Å². The van der Waals surface area contributed by atoms with Crippen molar-refractivity contribution in [3.05, 3.63) is 35.5 Å². The van der Waals surface area contributed by atoms with Gasteiger partial charge in [0, 0.05) is 27.6 Å². The number of para-hydroxylation sites is 1. The lowest BCUT2D eigenvalue weighted by molar-refractivity contribution is 0.326. The van der Waals surface area contributed by atoms with Crippen LogP contribution in [0.3, 0.4) is 0 Å². The number of hydrogen-bond acceptors (Lipinski definition) is 0. The van der Waals surface area contributed by atoms with Gasteiger partial charge in [-0.2, -0.15) is 0 Å². The van der Waals surface area contributed by atoms with Crippen LogP contribution in [0.25, 0.3) is 10.9 Å². The maximum absolute atomic E-state index is 2.57. The first kappa shape index (κ1) is 14.2. The SMILES string of the molecule is CCC(C)(C)n1c(C(C)(C)C)c(C)c2ccccc21. The number of benzene rings is 1. The first-order chi connectivity index (χ1) is 8.70. The normalized spacial score (nSPS) is 13.2. The fourth-order valence-electron chi connectivity index (χ4n) is 3.09. The Morgan fingerprint density at radius 2 is 1.58 bits per heavy atom. The molecule has 0 bridgehead atoms. The molecule has 0 fully saturated rings. The molecule has 2 rings (SSSR count). The molecular formula is C18H27N. The van der Waals surface area contributed by atoms with Crippen LogP contribution in [0.4, 0.5) is 0 Å². The van der Waals surface area contributed by atoms with Gasteiger partial charge in [-0.15, -0.1) is 0 Å². The average molecular weight is 257 g/mol. The molecule has 0 aliphatic heterocycles. The third kappa shape index (κ3) is 2.20. The second-order valence-corrected chi connectivity index (χ2v) is 7.24. The van der Waals surface area contributed by atoms with Gasteiger partial charge in [-0.05, 0) is 38.8 Å². The summed E-state index contributed by atoms with van der Waals surface area (Å²) in [6, 6.07) is 8.80. The molecule has 1 aromatic heterocycles. The molecule has 1 heteroatoms. The van der Waals surface area contributed by atoms with E-state index in [4.69, 9.17) is 0 Å². The zero-order valence-electron chi connectivity index (χ0n) is 13.5. The van der Waals surface area contributed by atoms with E-state index in [9.17, 15) is 0 Å². The van der Waals surface area contributed by atoms with Gasteiger partial charge in [0.2, 0.25) is 0 Å². The molecule has 0 N–H and O–H groups in total. The predicted molar refractivity (Wildman–Crippen MR) is 85.0 cm³/mol. The average Bonchev–Trinajstić information content (AvgIpc) is 2.64. The molecule has 0 unspecified atom stereocenters. The Morgan fingerprint density at radius 1 is 1.00 bits per heavy atom. The maximum Gasteiger partial charge on any atom is 0.0490 e. The number of rotatable bonds is 2. The highest BCUT2D eigenvalue weighted by molar-refractivity contribution is 5.86. The molecule has 0 saturated carbocycles. The minimum absolute atomic E-state index is 0.149. The second-order valence-electron chi connectivity index (χ2n) is 7.24. The summed E-state index contributed by atoms with van der Waals surface area (Å²) in [4.78, 5) is 0. The van der Waals surface area contributed by atoms with E-state index in [2.05, 4.69) is 77.3 Å². The first-order valence-electron chi connectivity index (χ1n) is 7.31. The van der Waals surface area contributed by atoms with E-state index < -0.39 is 0 Å². The summed E-state index contributed by atoms with van der Waals surface area (Å²) in [5.41, 5.74) is 4.59. The van der Waals surface area contributed by atoms with Crippen molar-refractivity contribution in [3.8, 4) is 0 Å². The number of fused-ring (bicyclic) bond motifs is 1. The molecule has 2 aromatic rings. The van der Waals surface area contributed by atoms with Crippen LogP contribution in [0.5, 0.6) is 0 Å². The van der Waals surface area contributed by atoms with Crippen LogP contribution in [-0.2, 0) is 11.0 Å². The molecule has 0 atom stereocenters. The molecule has 0 aliphatic carbocycles. The fourth-order valence-corrected chi connectivity index (χ4v) is 3.09. The van der Waals surface area contributed by atoms with Crippen molar-refractivity contribution in [1.29, 1.82) is 0 Å². The van der Waals surface area contributed by atoms with Gasteiger partial charge in [0.25, 0.3) is 0 Å². The van der Waals surface area contributed by atoms with Gasteiger partial charge >= 0.3 is 0 Å². The van der Waals surface area contributed by atoms with Crippen molar-refractivity contribution < 1.29 is 0 Å². The van der Waals surface area contributed by atoms with Crippen molar-refractivity contribution in [3.63, 3.8) is 0 Å². The van der Waals surface area contributed by atoms with Gasteiger partial charge in [0.15, 0.2) is 0 Å². The van der Waals surface area contributed by atoms with Crippen LogP contribution < -0.4 is 0 Å². The van der Waals surface area contributed by atoms with Gasteiger partial charge in [-0.25, -0.2) is 0 Å². The highest BCUT2D eigenvalue weighted by Crippen LogP contribution is 2.38. The van der Waals surface area contributed by atoms with E-state index in [1.54, 1.807) is 0 Å². The summed E-state index contributed by atoms with van der Waals surface area (Å²) in [7, 11) is 0. The number of hydrogen-bond donors (Lipinski definition) is 0. The quantitative estimate of drug-likeness (QED) is 0.679. The number of aryl methyl sites for hydroxylation is 1. The van der Waals surface area contributed by atoms with Crippen LogP contribution in [0, 0.1) is 6.92 Å². The topological polar surface area (TPSA) is 4.93 Å². The van der Waals surface area contributed by atoms with E-state index >= 15 is 0 Å². The fraction of sp³-hybridized carbons (Fsp3) is 0.556. The lowest BCUT2D eigenvalue weighted by Crippen LogP contribution is -2.31. The van der Waals surface area contributed by atoms with Crippen LogP contribution in [0.2, 0.25) is 0 Å². The van der Waals surface area contributed by atoms with Crippen LogP contribution in [0.15, 0.2) is 24.3 Å². The maximum atomic E-state index is 2.57. The smallest absolute Gasteiger partial charge is 0.0490 e. The van der Waals surface area contributed by atoms with Crippen molar-refractivity contribution in [2.45, 2.75) is 65.8 Å². The molecule has 0 spiro atoms. The summed E-state index contributed by atoms with van der Waals surface area (Å²) in [5, 5.41) is 1.40. The molecular weight excluding hydrogens is 230 g/mol. The highest BCUT2D eigenvalue weighted by atomic mass is 15.1. The molecule has 1 aromatic carbocycles. The summed E-state index contributed by atoms with van der Waals surface area (Å²) in [6.07, 6.45) is 1.13. The predicted octanol–water partition coefficient (Wildman–Crippen LogP) is 5.39. The third-order valence-electron chi connectivity index (χ3n) is 4.31. The zero-order valence-corrected chi connectivity index (χ0v) is 13.5. The molecule has 1 nitrogen and oxygen atoms in total.